The van der Waals surface area contributed by atoms with Crippen molar-refractivity contribution in [2.45, 2.75) is 46.3 Å². The van der Waals surface area contributed by atoms with Crippen molar-refractivity contribution >= 4 is 17.9 Å². The van der Waals surface area contributed by atoms with E-state index in [2.05, 4.69) is 10.5 Å². The van der Waals surface area contributed by atoms with Crippen molar-refractivity contribution in [1.82, 2.24) is 15.4 Å². The Morgan fingerprint density at radius 1 is 1.41 bits per heavy atom. The first-order valence-corrected chi connectivity index (χ1v) is 7.00. The summed E-state index contributed by atoms with van der Waals surface area (Å²) in [5, 5.41) is 6.33. The molecule has 22 heavy (non-hydrogen) atoms. The van der Waals surface area contributed by atoms with Crippen LogP contribution < -0.4 is 5.32 Å². The Bertz CT molecular complexity index is 604. The molecular weight excluding hydrogens is 290 g/mol. The average Bonchev–Trinajstić information content (AvgIpc) is 2.90. The van der Waals surface area contributed by atoms with Gasteiger partial charge in [-0.2, -0.15) is 0 Å². The molecule has 8 heteroatoms. The summed E-state index contributed by atoms with van der Waals surface area (Å²) in [5.41, 5.74) is 0.363. The van der Waals surface area contributed by atoms with Crippen molar-refractivity contribution < 1.29 is 23.6 Å². The first kappa shape index (κ1) is 16.0. The molecule has 1 aromatic heterocycles. The molecule has 2 rings (SSSR count). The normalized spacial score (nSPS) is 21.2. The average molecular weight is 309 g/mol. The zero-order valence-electron chi connectivity index (χ0n) is 13.1. The minimum Gasteiger partial charge on any atom is -0.459 e. The summed E-state index contributed by atoms with van der Waals surface area (Å²) >= 11 is 0. The van der Waals surface area contributed by atoms with Crippen molar-refractivity contribution in [1.29, 1.82) is 0 Å². The third kappa shape index (κ3) is 2.81. The maximum Gasteiger partial charge on any atom is 0.326 e. The number of esters is 1. The van der Waals surface area contributed by atoms with Gasteiger partial charge >= 0.3 is 12.0 Å². The van der Waals surface area contributed by atoms with Gasteiger partial charge in [0.1, 0.15) is 24.5 Å². The number of carbonyl (C=O) groups excluding carboxylic acids is 3. The summed E-state index contributed by atoms with van der Waals surface area (Å²) in [7, 11) is 0. The summed E-state index contributed by atoms with van der Waals surface area (Å²) in [4.78, 5) is 36.7. The van der Waals surface area contributed by atoms with Crippen LogP contribution in [0.5, 0.6) is 0 Å². The van der Waals surface area contributed by atoms with Crippen LogP contribution in [0.15, 0.2) is 4.52 Å². The molecule has 0 unspecified atom stereocenters. The molecule has 1 atom stereocenters. The lowest BCUT2D eigenvalue weighted by Crippen LogP contribution is -2.43. The summed E-state index contributed by atoms with van der Waals surface area (Å²) < 4.78 is 10.1. The third-order valence-corrected chi connectivity index (χ3v) is 3.90. The highest BCUT2D eigenvalue weighted by molar-refractivity contribution is 6.08. The van der Waals surface area contributed by atoms with Gasteiger partial charge in [-0.25, -0.2) is 4.79 Å². The fourth-order valence-corrected chi connectivity index (χ4v) is 2.17. The van der Waals surface area contributed by atoms with Crippen molar-refractivity contribution in [3.8, 4) is 0 Å². The highest BCUT2D eigenvalue weighted by Gasteiger charge is 2.47. The number of urea groups is 1. The molecule has 0 bridgehead atoms. The van der Waals surface area contributed by atoms with Crippen molar-refractivity contribution in [3.63, 3.8) is 0 Å². The van der Waals surface area contributed by atoms with E-state index in [4.69, 9.17) is 9.26 Å². The highest BCUT2D eigenvalue weighted by atomic mass is 16.5. The Hall–Kier alpha value is -2.38. The molecule has 8 nitrogen and oxygen atoms in total. The molecule has 2 heterocycles. The zero-order chi connectivity index (χ0) is 16.5. The van der Waals surface area contributed by atoms with Crippen LogP contribution in [-0.4, -0.2) is 40.0 Å². The molecule has 0 saturated carbocycles. The second kappa shape index (κ2) is 5.78. The molecule has 0 aromatic carbocycles. The summed E-state index contributed by atoms with van der Waals surface area (Å²) in [6, 6.07) is -0.580. The van der Waals surface area contributed by atoms with Crippen LogP contribution in [0.4, 0.5) is 4.79 Å². The smallest absolute Gasteiger partial charge is 0.326 e. The third-order valence-electron chi connectivity index (χ3n) is 3.90. The van der Waals surface area contributed by atoms with Crippen LogP contribution in [-0.2, 0) is 20.9 Å². The standard InChI is InChI=1S/C14H19N3O5/c1-5-14(4)12(19)17(13(20)15-14)6-11(18)21-7-10-8(2)16-22-9(10)3/h5-7H2,1-4H3,(H,15,20)/t14-/m0/s1. The quantitative estimate of drug-likeness (QED) is 0.644. The molecular formula is C14H19N3O5. The van der Waals surface area contributed by atoms with Crippen LogP contribution in [0.2, 0.25) is 0 Å². The Labute approximate surface area is 127 Å². The predicted octanol–water partition coefficient (Wildman–Crippen LogP) is 1.06. The van der Waals surface area contributed by atoms with Gasteiger partial charge in [-0.05, 0) is 27.2 Å². The van der Waals surface area contributed by atoms with Gasteiger partial charge in [-0.3, -0.25) is 14.5 Å². The SMILES string of the molecule is CC[C@]1(C)NC(=O)N(CC(=O)OCc2c(C)noc2C)C1=O. The monoisotopic (exact) mass is 309 g/mol. The Kier molecular flexibility index (Phi) is 4.20. The number of hydrogen-bond acceptors (Lipinski definition) is 6. The summed E-state index contributed by atoms with van der Waals surface area (Å²) in [5.74, 6) is -0.517. The van der Waals surface area contributed by atoms with Gasteiger partial charge in [0.15, 0.2) is 0 Å². The highest BCUT2D eigenvalue weighted by Crippen LogP contribution is 2.20. The van der Waals surface area contributed by atoms with Crippen LogP contribution in [0, 0.1) is 13.8 Å². The van der Waals surface area contributed by atoms with Crippen molar-refractivity contribution in [2.24, 2.45) is 0 Å². The lowest BCUT2D eigenvalue weighted by Gasteiger charge is -2.18. The maximum absolute atomic E-state index is 12.2. The van der Waals surface area contributed by atoms with Crippen molar-refractivity contribution in [2.75, 3.05) is 6.54 Å². The first-order valence-electron chi connectivity index (χ1n) is 7.00. The fraction of sp³-hybridized carbons (Fsp3) is 0.571. The van der Waals surface area contributed by atoms with Crippen LogP contribution >= 0.6 is 0 Å². The second-order valence-corrected chi connectivity index (χ2v) is 5.47. The molecule has 1 N–H and O–H groups in total. The molecule has 1 aliphatic heterocycles. The predicted molar refractivity (Wildman–Crippen MR) is 74.7 cm³/mol. The van der Waals surface area contributed by atoms with E-state index >= 15 is 0 Å². The van der Waals surface area contributed by atoms with E-state index in [-0.39, 0.29) is 6.61 Å². The van der Waals surface area contributed by atoms with Gasteiger partial charge in [0, 0.05) is 0 Å². The Morgan fingerprint density at radius 3 is 2.59 bits per heavy atom. The number of hydrogen-bond donors (Lipinski definition) is 1. The number of aromatic nitrogens is 1. The zero-order valence-corrected chi connectivity index (χ0v) is 13.1. The summed E-state index contributed by atoms with van der Waals surface area (Å²) in [6.07, 6.45) is 0.447. The molecule has 1 aliphatic rings. The molecule has 1 aromatic rings. The minimum absolute atomic E-state index is 0.00526. The maximum atomic E-state index is 12.2. The fourth-order valence-electron chi connectivity index (χ4n) is 2.17. The van der Waals surface area contributed by atoms with Crippen molar-refractivity contribution in [3.05, 3.63) is 17.0 Å². The van der Waals surface area contributed by atoms with Gasteiger partial charge in [-0.1, -0.05) is 12.1 Å². The largest absolute Gasteiger partial charge is 0.459 e. The number of amides is 3. The van der Waals surface area contributed by atoms with Crippen LogP contribution in [0.1, 0.15) is 37.3 Å². The lowest BCUT2D eigenvalue weighted by molar-refractivity contribution is -0.148. The number of ether oxygens (including phenoxy) is 1. The van der Waals surface area contributed by atoms with Gasteiger partial charge in [-0.15, -0.1) is 0 Å². The molecule has 1 fully saturated rings. The molecule has 0 aliphatic carbocycles. The number of rotatable bonds is 5. The first-order chi connectivity index (χ1) is 10.3. The Morgan fingerprint density at radius 2 is 2.09 bits per heavy atom. The van der Waals surface area contributed by atoms with Gasteiger partial charge in [0.25, 0.3) is 5.91 Å². The molecule has 0 spiro atoms. The number of carbonyl (C=O) groups is 3. The summed E-state index contributed by atoms with van der Waals surface area (Å²) in [6.45, 7) is 6.45. The van der Waals surface area contributed by atoms with Crippen LogP contribution in [0.3, 0.4) is 0 Å². The van der Waals surface area contributed by atoms with Crippen LogP contribution in [0.25, 0.3) is 0 Å². The van der Waals surface area contributed by atoms with Gasteiger partial charge < -0.3 is 14.6 Å². The van der Waals surface area contributed by atoms with Gasteiger partial charge in [0.05, 0.1) is 11.3 Å². The Balaban J connectivity index is 1.95. The molecule has 120 valence electrons. The van der Waals surface area contributed by atoms with E-state index in [9.17, 15) is 14.4 Å². The van der Waals surface area contributed by atoms with E-state index < -0.39 is 30.0 Å². The number of aryl methyl sites for hydroxylation is 2. The topological polar surface area (TPSA) is 102 Å². The number of nitrogens with zero attached hydrogens (tertiary/aromatic N) is 2. The number of imide groups is 1. The van der Waals surface area contributed by atoms with E-state index in [1.165, 1.54) is 0 Å². The van der Waals surface area contributed by atoms with E-state index in [1.807, 2.05) is 0 Å². The second-order valence-electron chi connectivity index (χ2n) is 5.47. The van der Waals surface area contributed by atoms with E-state index in [1.54, 1.807) is 27.7 Å². The van der Waals surface area contributed by atoms with Gasteiger partial charge in [0.2, 0.25) is 0 Å². The molecule has 0 radical (unpaired) electrons. The molecule has 3 amide bonds. The minimum atomic E-state index is -0.959. The van der Waals surface area contributed by atoms with E-state index in [0.717, 1.165) is 4.90 Å². The van der Waals surface area contributed by atoms with E-state index in [0.29, 0.717) is 23.4 Å². The lowest BCUT2D eigenvalue weighted by atomic mass is 9.99. The molecule has 1 saturated heterocycles. The number of nitrogens with one attached hydrogen (secondary N) is 1.